The van der Waals surface area contributed by atoms with Gasteiger partial charge in [-0.25, -0.2) is 21.9 Å². The number of hydrogen-bond acceptors (Lipinski definition) is 7. The van der Waals surface area contributed by atoms with E-state index in [4.69, 9.17) is 15.2 Å². The van der Waals surface area contributed by atoms with Crippen molar-refractivity contribution in [3.8, 4) is 11.5 Å². The van der Waals surface area contributed by atoms with Crippen LogP contribution in [0.25, 0.3) is 0 Å². The summed E-state index contributed by atoms with van der Waals surface area (Å²) in [5.74, 6) is 0.542. The van der Waals surface area contributed by atoms with E-state index in [-0.39, 0.29) is 36.1 Å². The zero-order chi connectivity index (χ0) is 22.5. The molecular weight excluding hydrogens is 427 g/mol. The predicted molar refractivity (Wildman–Crippen MR) is 115 cm³/mol. The number of aryl methyl sites for hydroxylation is 1. The normalized spacial score (nSPS) is 11.8. The van der Waals surface area contributed by atoms with Crippen molar-refractivity contribution in [1.82, 2.24) is 0 Å². The molecule has 0 spiro atoms. The van der Waals surface area contributed by atoms with Crippen LogP contribution in [0, 0.1) is 6.92 Å². The number of benzene rings is 2. The van der Waals surface area contributed by atoms with E-state index in [2.05, 4.69) is 0 Å². The molecule has 2 aromatic carbocycles. The van der Waals surface area contributed by atoms with Gasteiger partial charge in [-0.05, 0) is 57.5 Å². The molecule has 0 unspecified atom stereocenters. The van der Waals surface area contributed by atoms with Gasteiger partial charge < -0.3 is 15.2 Å². The van der Waals surface area contributed by atoms with Crippen LogP contribution in [0.4, 0.5) is 5.69 Å². The molecule has 0 saturated heterocycles. The van der Waals surface area contributed by atoms with E-state index in [9.17, 15) is 17.5 Å². The second kappa shape index (κ2) is 9.64. The van der Waals surface area contributed by atoms with Crippen molar-refractivity contribution in [1.29, 1.82) is 0 Å². The predicted octanol–water partition coefficient (Wildman–Crippen LogP) is 3.84. The molecular formula is C20H27N2O6PS. The number of nitrogens with zero attached hydrogens (tertiary/aromatic N) is 1. The Labute approximate surface area is 177 Å². The summed E-state index contributed by atoms with van der Waals surface area (Å²) in [5, 5.41) is -1.76. The highest BCUT2D eigenvalue weighted by molar-refractivity contribution is 7.93. The van der Waals surface area contributed by atoms with Crippen LogP contribution in [0.1, 0.15) is 26.3 Å². The lowest BCUT2D eigenvalue weighted by Crippen LogP contribution is -2.45. The van der Waals surface area contributed by atoms with E-state index in [1.54, 1.807) is 38.1 Å². The van der Waals surface area contributed by atoms with E-state index in [1.807, 2.05) is 0 Å². The number of sulfonamides is 1. The number of nitrogens with two attached hydrogens (primary N) is 1. The van der Waals surface area contributed by atoms with Gasteiger partial charge in [-0.3, -0.25) is 0 Å². The van der Waals surface area contributed by atoms with E-state index in [0.717, 1.165) is 4.31 Å². The molecule has 30 heavy (non-hydrogen) atoms. The molecule has 0 amide bonds. The summed E-state index contributed by atoms with van der Waals surface area (Å²) in [6, 6.07) is 10.9. The Morgan fingerprint density at radius 3 is 2.37 bits per heavy atom. The van der Waals surface area contributed by atoms with E-state index in [0.29, 0.717) is 11.3 Å². The van der Waals surface area contributed by atoms with Gasteiger partial charge in [0.25, 0.3) is 10.0 Å². The fourth-order valence-corrected chi connectivity index (χ4v) is 5.55. The molecule has 0 aromatic heterocycles. The number of anilines is 1. The zero-order valence-corrected chi connectivity index (χ0v) is 19.2. The molecule has 2 rings (SSSR count). The van der Waals surface area contributed by atoms with Gasteiger partial charge in [0, 0.05) is 12.6 Å². The van der Waals surface area contributed by atoms with Gasteiger partial charge in [-0.15, -0.1) is 0 Å². The quantitative estimate of drug-likeness (QED) is 0.542. The first-order valence-corrected chi connectivity index (χ1v) is 12.0. The second-order valence-electron chi connectivity index (χ2n) is 7.04. The van der Waals surface area contributed by atoms with Crippen molar-refractivity contribution in [3.63, 3.8) is 0 Å². The standard InChI is InChI=1S/C20H27N2O6PS/c1-5-27-18-8-6-7-9-19(18)30(25,26)22(20(3,4)29(23)24)16-12-15(2)13-17(14-16)28-11-10-21/h6-9,12-14H,5,10-11,21H2,1-4H3. The Morgan fingerprint density at radius 2 is 1.77 bits per heavy atom. The minimum Gasteiger partial charge on any atom is -0.492 e. The van der Waals surface area contributed by atoms with Crippen molar-refractivity contribution < 1.29 is 27.0 Å². The van der Waals surface area contributed by atoms with Crippen LogP contribution in [0.3, 0.4) is 0 Å². The molecule has 0 aliphatic heterocycles. The first kappa shape index (κ1) is 23.9. The molecule has 2 N–H and O–H groups in total. The number of rotatable bonds is 10. The highest BCUT2D eigenvalue weighted by atomic mass is 32.2. The van der Waals surface area contributed by atoms with Crippen LogP contribution in [-0.2, 0) is 19.2 Å². The fourth-order valence-electron chi connectivity index (χ4n) is 2.97. The maximum atomic E-state index is 13.7. The Hall–Kier alpha value is -2.35. The molecule has 0 aliphatic rings. The Balaban J connectivity index is 2.76. The molecule has 2 aromatic rings. The van der Waals surface area contributed by atoms with Crippen LogP contribution in [-0.4, -0.2) is 33.5 Å². The molecule has 0 heterocycles. The SMILES string of the molecule is CCOc1ccccc1S(=O)(=O)N(c1cc(C)cc(OCCN)c1)C(C)(C)P(=O)=O. The van der Waals surface area contributed by atoms with Crippen molar-refractivity contribution in [2.45, 2.75) is 37.9 Å². The lowest BCUT2D eigenvalue weighted by Gasteiger charge is -2.34. The summed E-state index contributed by atoms with van der Waals surface area (Å²) < 4.78 is 63.6. The van der Waals surface area contributed by atoms with Gasteiger partial charge in [0.1, 0.15) is 23.0 Å². The summed E-state index contributed by atoms with van der Waals surface area (Å²) in [7, 11) is -7.48. The Bertz CT molecular complexity index is 1060. The molecule has 10 heteroatoms. The van der Waals surface area contributed by atoms with E-state index in [1.165, 1.54) is 32.0 Å². The lowest BCUT2D eigenvalue weighted by molar-refractivity contribution is 0.328. The maximum Gasteiger partial charge on any atom is 0.342 e. The third kappa shape index (κ3) is 5.03. The van der Waals surface area contributed by atoms with E-state index >= 15 is 0 Å². The average molecular weight is 454 g/mol. The molecule has 0 saturated carbocycles. The number of ether oxygens (including phenoxy) is 2. The number of hydrogen-bond donors (Lipinski definition) is 1. The molecule has 0 atom stereocenters. The summed E-state index contributed by atoms with van der Waals surface area (Å²) in [4.78, 5) is -0.122. The lowest BCUT2D eigenvalue weighted by atomic mass is 10.2. The van der Waals surface area contributed by atoms with Gasteiger partial charge in [0.05, 0.1) is 12.3 Å². The smallest absolute Gasteiger partial charge is 0.342 e. The summed E-state index contributed by atoms with van der Waals surface area (Å²) in [6.07, 6.45) is 0. The Morgan fingerprint density at radius 1 is 1.10 bits per heavy atom. The average Bonchev–Trinajstić information content (AvgIpc) is 2.66. The van der Waals surface area contributed by atoms with Crippen LogP contribution >= 0.6 is 7.68 Å². The van der Waals surface area contributed by atoms with Crippen molar-refractivity contribution >= 4 is 23.4 Å². The molecule has 0 radical (unpaired) electrons. The van der Waals surface area contributed by atoms with Crippen molar-refractivity contribution in [3.05, 3.63) is 48.0 Å². The largest absolute Gasteiger partial charge is 0.492 e. The fraction of sp³-hybridized carbons (Fsp3) is 0.400. The summed E-state index contributed by atoms with van der Waals surface area (Å²) >= 11 is 0. The molecule has 0 aliphatic carbocycles. The van der Waals surface area contributed by atoms with Crippen LogP contribution in [0.2, 0.25) is 0 Å². The highest BCUT2D eigenvalue weighted by Crippen LogP contribution is 2.43. The zero-order valence-electron chi connectivity index (χ0n) is 17.5. The van der Waals surface area contributed by atoms with Crippen molar-refractivity contribution in [2.75, 3.05) is 24.1 Å². The minimum atomic E-state index is -4.32. The second-order valence-corrected chi connectivity index (χ2v) is 10.4. The maximum absolute atomic E-state index is 13.7. The van der Waals surface area contributed by atoms with Gasteiger partial charge in [-0.2, -0.15) is 0 Å². The molecule has 0 fully saturated rings. The van der Waals surface area contributed by atoms with Gasteiger partial charge in [0.2, 0.25) is 0 Å². The van der Waals surface area contributed by atoms with Crippen LogP contribution in [0.5, 0.6) is 11.5 Å². The first-order valence-electron chi connectivity index (χ1n) is 9.42. The molecule has 0 bridgehead atoms. The monoisotopic (exact) mass is 454 g/mol. The third-order valence-electron chi connectivity index (χ3n) is 4.27. The van der Waals surface area contributed by atoms with Crippen LogP contribution in [0.15, 0.2) is 47.4 Å². The third-order valence-corrected chi connectivity index (χ3v) is 7.54. The van der Waals surface area contributed by atoms with Gasteiger partial charge in [0.15, 0.2) is 5.28 Å². The van der Waals surface area contributed by atoms with Crippen molar-refractivity contribution in [2.24, 2.45) is 5.73 Å². The summed E-state index contributed by atoms with van der Waals surface area (Å²) in [6.45, 7) is 6.95. The Kier molecular flexibility index (Phi) is 7.69. The molecule has 8 nitrogen and oxygen atoms in total. The first-order chi connectivity index (χ1) is 14.1. The topological polar surface area (TPSA) is 116 Å². The minimum absolute atomic E-state index is 0.122. The number of para-hydroxylation sites is 1. The van der Waals surface area contributed by atoms with Gasteiger partial charge in [-0.1, -0.05) is 12.1 Å². The van der Waals surface area contributed by atoms with Crippen LogP contribution < -0.4 is 19.5 Å². The highest BCUT2D eigenvalue weighted by Gasteiger charge is 2.43. The summed E-state index contributed by atoms with van der Waals surface area (Å²) in [5.41, 5.74) is 6.35. The molecule has 164 valence electrons. The van der Waals surface area contributed by atoms with Gasteiger partial charge >= 0.3 is 7.68 Å². The van der Waals surface area contributed by atoms with E-state index < -0.39 is 23.0 Å².